The van der Waals surface area contributed by atoms with Gasteiger partial charge in [0.1, 0.15) is 12.4 Å². The van der Waals surface area contributed by atoms with Gasteiger partial charge in [0.2, 0.25) is 0 Å². The molecular formula is C31H28ClFN4O6S. The zero-order valence-electron chi connectivity index (χ0n) is 23.9. The number of hydrogen-bond donors (Lipinski definition) is 2. The summed E-state index contributed by atoms with van der Waals surface area (Å²) in [5.74, 6) is -1.21. The van der Waals surface area contributed by atoms with Gasteiger partial charge in [-0.2, -0.15) is 5.10 Å². The van der Waals surface area contributed by atoms with Gasteiger partial charge in [0.15, 0.2) is 11.5 Å². The summed E-state index contributed by atoms with van der Waals surface area (Å²) in [6, 6.07) is 22.0. The first-order valence-corrected chi connectivity index (χ1v) is 14.8. The molecule has 0 radical (unpaired) electrons. The number of halogens is 2. The minimum Gasteiger partial charge on any atom is -0.493 e. The Morgan fingerprint density at radius 3 is 2.25 bits per heavy atom. The minimum atomic E-state index is -4.34. The number of benzene rings is 4. The van der Waals surface area contributed by atoms with Crippen LogP contribution in [0.2, 0.25) is 5.02 Å². The van der Waals surface area contributed by atoms with Crippen LogP contribution in [0.15, 0.2) is 101 Å². The molecule has 2 amide bonds. The molecule has 4 aromatic carbocycles. The van der Waals surface area contributed by atoms with E-state index in [1.54, 1.807) is 55.5 Å². The number of methoxy groups -OCH3 is 2. The van der Waals surface area contributed by atoms with Gasteiger partial charge in [0.25, 0.3) is 21.8 Å². The Labute approximate surface area is 259 Å². The van der Waals surface area contributed by atoms with Gasteiger partial charge in [-0.25, -0.2) is 18.2 Å². The van der Waals surface area contributed by atoms with Gasteiger partial charge in [-0.15, -0.1) is 0 Å². The monoisotopic (exact) mass is 638 g/mol. The first-order valence-electron chi connectivity index (χ1n) is 13.0. The van der Waals surface area contributed by atoms with Crippen molar-refractivity contribution in [3.63, 3.8) is 0 Å². The second kappa shape index (κ2) is 14.0. The van der Waals surface area contributed by atoms with Crippen LogP contribution >= 0.6 is 11.6 Å². The van der Waals surface area contributed by atoms with Gasteiger partial charge >= 0.3 is 0 Å². The number of carbonyl (C=O) groups excluding carboxylic acids is 2. The van der Waals surface area contributed by atoms with Crippen LogP contribution in [0.25, 0.3) is 0 Å². The van der Waals surface area contributed by atoms with Crippen LogP contribution in [-0.4, -0.2) is 46.7 Å². The number of ether oxygens (including phenoxy) is 2. The lowest BCUT2D eigenvalue weighted by atomic mass is 10.1. The molecule has 0 aromatic heterocycles. The van der Waals surface area contributed by atoms with E-state index in [4.69, 9.17) is 21.1 Å². The van der Waals surface area contributed by atoms with Crippen molar-refractivity contribution in [2.45, 2.75) is 11.8 Å². The smallest absolute Gasteiger partial charge is 0.264 e. The summed E-state index contributed by atoms with van der Waals surface area (Å²) in [5, 5.41) is 7.33. The first kappa shape index (κ1) is 32.0. The molecule has 4 aromatic rings. The van der Waals surface area contributed by atoms with Crippen LogP contribution in [0.1, 0.15) is 22.8 Å². The molecule has 0 aliphatic heterocycles. The second-order valence-electron chi connectivity index (χ2n) is 9.28. The maximum absolute atomic E-state index is 13.7. The molecule has 0 bridgehead atoms. The number of rotatable bonds is 11. The van der Waals surface area contributed by atoms with E-state index in [0.717, 1.165) is 16.4 Å². The number of nitrogens with one attached hydrogen (secondary N) is 2. The van der Waals surface area contributed by atoms with E-state index in [1.165, 1.54) is 44.6 Å². The van der Waals surface area contributed by atoms with Crippen LogP contribution in [0.3, 0.4) is 0 Å². The van der Waals surface area contributed by atoms with Crippen LogP contribution in [0.5, 0.6) is 11.5 Å². The molecule has 13 heteroatoms. The highest BCUT2D eigenvalue weighted by Crippen LogP contribution is 2.32. The van der Waals surface area contributed by atoms with Gasteiger partial charge in [-0.05, 0) is 79.2 Å². The summed E-state index contributed by atoms with van der Waals surface area (Å²) in [4.78, 5) is 25.4. The topological polar surface area (TPSA) is 126 Å². The largest absolute Gasteiger partial charge is 0.493 e. The van der Waals surface area contributed by atoms with E-state index in [9.17, 15) is 22.4 Å². The number of anilines is 2. The van der Waals surface area contributed by atoms with Gasteiger partial charge in [0, 0.05) is 22.3 Å². The number of hydrazone groups is 1. The van der Waals surface area contributed by atoms with Crippen molar-refractivity contribution in [3.8, 4) is 11.5 Å². The van der Waals surface area contributed by atoms with Crippen molar-refractivity contribution in [2.75, 3.05) is 30.4 Å². The molecule has 0 heterocycles. The minimum absolute atomic E-state index is 0.0557. The summed E-state index contributed by atoms with van der Waals surface area (Å²) < 4.78 is 52.3. The van der Waals surface area contributed by atoms with E-state index in [1.807, 2.05) is 0 Å². The van der Waals surface area contributed by atoms with Gasteiger partial charge in [-0.3, -0.25) is 13.9 Å². The molecule has 0 aliphatic carbocycles. The Hall–Kier alpha value is -4.94. The van der Waals surface area contributed by atoms with Crippen LogP contribution < -0.4 is 24.5 Å². The highest BCUT2D eigenvalue weighted by molar-refractivity contribution is 7.92. The number of carbonyl (C=O) groups is 2. The fourth-order valence-electron chi connectivity index (χ4n) is 4.06. The maximum atomic E-state index is 13.7. The van der Waals surface area contributed by atoms with E-state index < -0.39 is 28.3 Å². The molecule has 0 atom stereocenters. The van der Waals surface area contributed by atoms with Crippen molar-refractivity contribution in [1.29, 1.82) is 0 Å². The normalized spacial score (nSPS) is 11.4. The third kappa shape index (κ3) is 7.71. The summed E-state index contributed by atoms with van der Waals surface area (Å²) in [6.07, 6.45) is 0. The molecule has 0 unspecified atom stereocenters. The molecule has 0 aliphatic rings. The lowest BCUT2D eigenvalue weighted by Crippen LogP contribution is -2.39. The van der Waals surface area contributed by atoms with Crippen LogP contribution in [0, 0.1) is 5.82 Å². The maximum Gasteiger partial charge on any atom is 0.264 e. The molecule has 10 nitrogen and oxygen atoms in total. The fourth-order valence-corrected chi connectivity index (χ4v) is 5.69. The van der Waals surface area contributed by atoms with Gasteiger partial charge in [0.05, 0.1) is 30.5 Å². The van der Waals surface area contributed by atoms with Crippen molar-refractivity contribution in [2.24, 2.45) is 5.10 Å². The van der Waals surface area contributed by atoms with E-state index in [0.29, 0.717) is 33.3 Å². The van der Waals surface area contributed by atoms with Crippen molar-refractivity contribution < 1.29 is 31.9 Å². The molecular weight excluding hydrogens is 611 g/mol. The Morgan fingerprint density at radius 1 is 0.886 bits per heavy atom. The summed E-state index contributed by atoms with van der Waals surface area (Å²) >= 11 is 5.98. The Morgan fingerprint density at radius 2 is 1.57 bits per heavy atom. The molecule has 44 heavy (non-hydrogen) atoms. The summed E-state index contributed by atoms with van der Waals surface area (Å²) in [7, 11) is -1.56. The molecule has 2 N–H and O–H groups in total. The van der Waals surface area contributed by atoms with Crippen molar-refractivity contribution in [3.05, 3.63) is 113 Å². The molecule has 0 spiro atoms. The number of hydrogen-bond acceptors (Lipinski definition) is 7. The molecule has 0 saturated carbocycles. The number of nitrogens with zero attached hydrogens (tertiary/aromatic N) is 2. The quantitative estimate of drug-likeness (QED) is 0.165. The Bertz CT molecular complexity index is 1820. The molecule has 4 rings (SSSR count). The molecule has 228 valence electrons. The van der Waals surface area contributed by atoms with E-state index >= 15 is 0 Å². The number of sulfonamides is 1. The average Bonchev–Trinajstić information content (AvgIpc) is 3.02. The van der Waals surface area contributed by atoms with E-state index in [2.05, 4.69) is 15.8 Å². The molecule has 0 fully saturated rings. The lowest BCUT2D eigenvalue weighted by molar-refractivity contribution is -0.119. The molecule has 0 saturated heterocycles. The number of amides is 2. The summed E-state index contributed by atoms with van der Waals surface area (Å²) in [6.45, 7) is 0.963. The Kier molecular flexibility index (Phi) is 10.2. The lowest BCUT2D eigenvalue weighted by Gasteiger charge is -2.24. The first-order chi connectivity index (χ1) is 21.0. The zero-order chi connectivity index (χ0) is 31.9. The SMILES string of the molecule is COc1ccc(S(=O)(=O)N(CC(=O)N/N=C(/C)c2cccc(NC(=O)c3cccc(Cl)c3)c2)c2ccc(F)cc2)cc1OC. The Balaban J connectivity index is 1.53. The summed E-state index contributed by atoms with van der Waals surface area (Å²) in [5.41, 5.74) is 4.26. The second-order valence-corrected chi connectivity index (χ2v) is 11.6. The van der Waals surface area contributed by atoms with Crippen molar-refractivity contribution >= 4 is 50.5 Å². The predicted octanol–water partition coefficient (Wildman–Crippen LogP) is 5.48. The third-order valence-electron chi connectivity index (χ3n) is 6.32. The highest BCUT2D eigenvalue weighted by atomic mass is 35.5. The van der Waals surface area contributed by atoms with Crippen LogP contribution in [-0.2, 0) is 14.8 Å². The van der Waals surface area contributed by atoms with Gasteiger partial charge in [-0.1, -0.05) is 29.8 Å². The van der Waals surface area contributed by atoms with Gasteiger partial charge < -0.3 is 14.8 Å². The highest BCUT2D eigenvalue weighted by Gasteiger charge is 2.28. The standard InChI is InChI=1S/C31H28ClFN4O6S/c1-20(21-6-5-9-25(17-21)34-31(39)22-7-4-8-23(32)16-22)35-36-30(38)19-37(26-12-10-24(33)11-13-26)44(40,41)27-14-15-28(42-2)29(18-27)43-3/h4-18H,19H2,1-3H3,(H,34,39)(H,36,38)/b35-20-. The fraction of sp³-hybridized carbons (Fsp3) is 0.129. The van der Waals surface area contributed by atoms with Crippen molar-refractivity contribution in [1.82, 2.24) is 5.43 Å². The average molecular weight is 639 g/mol. The van der Waals surface area contributed by atoms with Crippen LogP contribution in [0.4, 0.5) is 15.8 Å². The zero-order valence-corrected chi connectivity index (χ0v) is 25.4. The van der Waals surface area contributed by atoms with E-state index in [-0.39, 0.29) is 22.2 Å². The predicted molar refractivity (Wildman–Crippen MR) is 167 cm³/mol. The third-order valence-corrected chi connectivity index (χ3v) is 8.32.